The SMILES string of the molecule is CCNc1nccc(N2CCN(C)C(=O)C2)n1. The number of amides is 1. The number of aromatic nitrogens is 2. The highest BCUT2D eigenvalue weighted by Crippen LogP contribution is 2.14. The van der Waals surface area contributed by atoms with E-state index in [9.17, 15) is 4.79 Å². The van der Waals surface area contributed by atoms with Gasteiger partial charge in [0, 0.05) is 32.9 Å². The van der Waals surface area contributed by atoms with Crippen LogP contribution in [-0.2, 0) is 4.79 Å². The Morgan fingerprint density at radius 1 is 1.47 bits per heavy atom. The van der Waals surface area contributed by atoms with E-state index >= 15 is 0 Å². The van der Waals surface area contributed by atoms with Crippen LogP contribution in [0.4, 0.5) is 11.8 Å². The maximum atomic E-state index is 11.6. The van der Waals surface area contributed by atoms with Crippen LogP contribution in [0.15, 0.2) is 12.3 Å². The molecule has 1 aliphatic rings. The summed E-state index contributed by atoms with van der Waals surface area (Å²) in [6, 6.07) is 1.83. The first-order chi connectivity index (χ1) is 8.20. The van der Waals surface area contributed by atoms with E-state index in [0.717, 1.165) is 25.5 Å². The molecule has 0 spiro atoms. The van der Waals surface area contributed by atoms with Crippen molar-refractivity contribution in [3.8, 4) is 0 Å². The zero-order valence-corrected chi connectivity index (χ0v) is 10.2. The monoisotopic (exact) mass is 235 g/mol. The predicted molar refractivity (Wildman–Crippen MR) is 66.0 cm³/mol. The minimum absolute atomic E-state index is 0.125. The van der Waals surface area contributed by atoms with Gasteiger partial charge in [-0.15, -0.1) is 0 Å². The molecular formula is C11H17N5O. The lowest BCUT2D eigenvalue weighted by Crippen LogP contribution is -2.48. The fraction of sp³-hybridized carbons (Fsp3) is 0.545. The summed E-state index contributed by atoms with van der Waals surface area (Å²) in [5.41, 5.74) is 0. The van der Waals surface area contributed by atoms with Crippen LogP contribution in [-0.4, -0.2) is 54.0 Å². The predicted octanol–water partition coefficient (Wildman–Crippen LogP) is 0.187. The quantitative estimate of drug-likeness (QED) is 0.810. The molecule has 2 rings (SSSR count). The Labute approximate surface area is 101 Å². The zero-order chi connectivity index (χ0) is 12.3. The third-order valence-electron chi connectivity index (χ3n) is 2.76. The van der Waals surface area contributed by atoms with Gasteiger partial charge in [-0.25, -0.2) is 4.98 Å². The van der Waals surface area contributed by atoms with Crippen molar-refractivity contribution < 1.29 is 4.79 Å². The first kappa shape index (κ1) is 11.6. The molecule has 1 N–H and O–H groups in total. The van der Waals surface area contributed by atoms with Gasteiger partial charge in [-0.3, -0.25) is 4.79 Å². The summed E-state index contributed by atoms with van der Waals surface area (Å²) < 4.78 is 0. The van der Waals surface area contributed by atoms with Crippen molar-refractivity contribution in [1.82, 2.24) is 14.9 Å². The van der Waals surface area contributed by atoms with E-state index in [2.05, 4.69) is 15.3 Å². The molecule has 0 aliphatic carbocycles. The van der Waals surface area contributed by atoms with Gasteiger partial charge in [-0.05, 0) is 13.0 Å². The average Bonchev–Trinajstić information content (AvgIpc) is 2.33. The molecule has 0 atom stereocenters. The second-order valence-corrected chi connectivity index (χ2v) is 4.01. The molecule has 0 bridgehead atoms. The van der Waals surface area contributed by atoms with Gasteiger partial charge < -0.3 is 15.1 Å². The van der Waals surface area contributed by atoms with Crippen LogP contribution >= 0.6 is 0 Å². The lowest BCUT2D eigenvalue weighted by atomic mass is 10.3. The number of hydrogen-bond acceptors (Lipinski definition) is 5. The number of rotatable bonds is 3. The molecule has 6 heteroatoms. The topological polar surface area (TPSA) is 61.4 Å². The average molecular weight is 235 g/mol. The van der Waals surface area contributed by atoms with E-state index in [4.69, 9.17) is 0 Å². The number of anilines is 2. The number of piperazine rings is 1. The largest absolute Gasteiger partial charge is 0.354 e. The first-order valence-corrected chi connectivity index (χ1v) is 5.76. The van der Waals surface area contributed by atoms with Crippen LogP contribution in [0.3, 0.4) is 0 Å². The Hall–Kier alpha value is -1.85. The number of nitrogens with one attached hydrogen (secondary N) is 1. The lowest BCUT2D eigenvalue weighted by Gasteiger charge is -2.32. The smallest absolute Gasteiger partial charge is 0.241 e. The third kappa shape index (κ3) is 2.64. The summed E-state index contributed by atoms with van der Waals surface area (Å²) in [6.07, 6.45) is 1.71. The molecule has 6 nitrogen and oxygen atoms in total. The second kappa shape index (κ2) is 4.99. The minimum Gasteiger partial charge on any atom is -0.354 e. The number of nitrogens with zero attached hydrogens (tertiary/aromatic N) is 4. The number of likely N-dealkylation sites (N-methyl/N-ethyl adjacent to an activating group) is 1. The molecule has 2 heterocycles. The van der Waals surface area contributed by atoms with Crippen LogP contribution in [0, 0.1) is 0 Å². The summed E-state index contributed by atoms with van der Waals surface area (Å²) >= 11 is 0. The van der Waals surface area contributed by atoms with Crippen LogP contribution in [0.2, 0.25) is 0 Å². The fourth-order valence-corrected chi connectivity index (χ4v) is 1.72. The van der Waals surface area contributed by atoms with E-state index < -0.39 is 0 Å². The highest BCUT2D eigenvalue weighted by molar-refractivity contribution is 5.82. The van der Waals surface area contributed by atoms with Gasteiger partial charge in [0.2, 0.25) is 11.9 Å². The standard InChI is InChI=1S/C11H17N5O/c1-3-12-11-13-5-4-9(14-11)16-7-6-15(2)10(17)8-16/h4-5H,3,6-8H2,1-2H3,(H,12,13,14). The molecule has 92 valence electrons. The van der Waals surface area contributed by atoms with Crippen molar-refractivity contribution in [1.29, 1.82) is 0 Å². The highest BCUT2D eigenvalue weighted by Gasteiger charge is 2.21. The van der Waals surface area contributed by atoms with Gasteiger partial charge in [0.1, 0.15) is 5.82 Å². The molecule has 0 aromatic carbocycles. The molecule has 1 aromatic heterocycles. The van der Waals surface area contributed by atoms with Gasteiger partial charge in [0.25, 0.3) is 0 Å². The van der Waals surface area contributed by atoms with Crippen LogP contribution in [0.1, 0.15) is 6.92 Å². The number of carbonyl (C=O) groups excluding carboxylic acids is 1. The van der Waals surface area contributed by atoms with Crippen LogP contribution in [0.5, 0.6) is 0 Å². The van der Waals surface area contributed by atoms with Crippen LogP contribution in [0.25, 0.3) is 0 Å². The highest BCUT2D eigenvalue weighted by atomic mass is 16.2. The van der Waals surface area contributed by atoms with E-state index in [0.29, 0.717) is 12.5 Å². The third-order valence-corrected chi connectivity index (χ3v) is 2.76. The van der Waals surface area contributed by atoms with E-state index in [1.54, 1.807) is 11.1 Å². The van der Waals surface area contributed by atoms with E-state index in [-0.39, 0.29) is 5.91 Å². The Bertz CT molecular complexity index is 409. The van der Waals surface area contributed by atoms with E-state index in [1.807, 2.05) is 24.9 Å². The summed E-state index contributed by atoms with van der Waals surface area (Å²) in [5.74, 6) is 1.54. The summed E-state index contributed by atoms with van der Waals surface area (Å²) in [5, 5.41) is 3.06. The van der Waals surface area contributed by atoms with Gasteiger partial charge in [0.15, 0.2) is 0 Å². The Morgan fingerprint density at radius 3 is 3.00 bits per heavy atom. The van der Waals surface area contributed by atoms with Gasteiger partial charge >= 0.3 is 0 Å². The molecular weight excluding hydrogens is 218 g/mol. The molecule has 0 unspecified atom stereocenters. The first-order valence-electron chi connectivity index (χ1n) is 5.76. The van der Waals surface area contributed by atoms with Crippen molar-refractivity contribution >= 4 is 17.7 Å². The van der Waals surface area contributed by atoms with Crippen molar-refractivity contribution in [2.45, 2.75) is 6.92 Å². The summed E-state index contributed by atoms with van der Waals surface area (Å²) in [4.78, 5) is 23.8. The summed E-state index contributed by atoms with van der Waals surface area (Å²) in [7, 11) is 1.82. The van der Waals surface area contributed by atoms with Crippen molar-refractivity contribution in [2.24, 2.45) is 0 Å². The van der Waals surface area contributed by atoms with Crippen LogP contribution < -0.4 is 10.2 Å². The molecule has 1 aliphatic heterocycles. The number of hydrogen-bond donors (Lipinski definition) is 1. The van der Waals surface area contributed by atoms with Crippen molar-refractivity contribution in [3.05, 3.63) is 12.3 Å². The molecule has 0 saturated carbocycles. The molecule has 1 saturated heterocycles. The van der Waals surface area contributed by atoms with Crippen molar-refractivity contribution in [2.75, 3.05) is 43.4 Å². The van der Waals surface area contributed by atoms with E-state index in [1.165, 1.54) is 0 Å². The Morgan fingerprint density at radius 2 is 2.29 bits per heavy atom. The van der Waals surface area contributed by atoms with Crippen molar-refractivity contribution in [3.63, 3.8) is 0 Å². The Kier molecular flexibility index (Phi) is 3.41. The lowest BCUT2D eigenvalue weighted by molar-refractivity contribution is -0.129. The molecule has 1 fully saturated rings. The fourth-order valence-electron chi connectivity index (χ4n) is 1.72. The maximum Gasteiger partial charge on any atom is 0.241 e. The molecule has 1 amide bonds. The second-order valence-electron chi connectivity index (χ2n) is 4.01. The maximum absolute atomic E-state index is 11.6. The van der Waals surface area contributed by atoms with Gasteiger partial charge in [-0.2, -0.15) is 4.98 Å². The molecule has 1 aromatic rings. The molecule has 0 radical (unpaired) electrons. The zero-order valence-electron chi connectivity index (χ0n) is 10.2. The number of carbonyl (C=O) groups is 1. The Balaban J connectivity index is 2.11. The van der Waals surface area contributed by atoms with Gasteiger partial charge in [-0.1, -0.05) is 0 Å². The minimum atomic E-state index is 0.125. The van der Waals surface area contributed by atoms with Gasteiger partial charge in [0.05, 0.1) is 6.54 Å². The summed E-state index contributed by atoms with van der Waals surface area (Å²) in [6.45, 7) is 4.71. The molecule has 17 heavy (non-hydrogen) atoms. The normalized spacial score (nSPS) is 16.2.